The van der Waals surface area contributed by atoms with E-state index in [0.29, 0.717) is 5.57 Å². The number of anilines is 2. The van der Waals surface area contributed by atoms with E-state index in [9.17, 15) is 9.59 Å². The molecule has 3 rings (SSSR count). The first-order valence-corrected chi connectivity index (χ1v) is 6.71. The van der Waals surface area contributed by atoms with Crippen molar-refractivity contribution in [1.82, 2.24) is 0 Å². The van der Waals surface area contributed by atoms with Gasteiger partial charge in [-0.05, 0) is 24.1 Å². The quantitative estimate of drug-likeness (QED) is 0.582. The molecule has 1 aliphatic heterocycles. The van der Waals surface area contributed by atoms with Crippen LogP contribution in [-0.2, 0) is 5.41 Å². The number of allylic oxidation sites excluding steroid dienone is 2. The van der Waals surface area contributed by atoms with E-state index in [1.54, 1.807) is 6.92 Å². The molecule has 0 saturated heterocycles. The highest BCUT2D eigenvalue weighted by Gasteiger charge is 2.37. The molecular formula is C16H16N2O3. The van der Waals surface area contributed by atoms with Crippen molar-refractivity contribution in [1.29, 1.82) is 0 Å². The molecule has 5 nitrogen and oxygen atoms in total. The van der Waals surface area contributed by atoms with E-state index in [1.807, 2.05) is 29.7 Å². The van der Waals surface area contributed by atoms with Gasteiger partial charge in [0.1, 0.15) is 5.69 Å². The van der Waals surface area contributed by atoms with Crippen LogP contribution in [0.25, 0.3) is 5.57 Å². The molecule has 0 radical (unpaired) electrons. The van der Waals surface area contributed by atoms with Crippen LogP contribution in [0.1, 0.15) is 31.9 Å². The lowest BCUT2D eigenvalue weighted by Gasteiger charge is -2.24. The van der Waals surface area contributed by atoms with Gasteiger partial charge in [0.05, 0.1) is 5.56 Å². The van der Waals surface area contributed by atoms with Crippen molar-refractivity contribution < 1.29 is 5.21 Å². The number of fused-ring (bicyclic) bond motifs is 1. The summed E-state index contributed by atoms with van der Waals surface area (Å²) >= 11 is 0. The molecule has 0 bridgehead atoms. The van der Waals surface area contributed by atoms with Gasteiger partial charge in [-0.2, -0.15) is 0 Å². The molecular weight excluding hydrogens is 268 g/mol. The third-order valence-electron chi connectivity index (χ3n) is 4.26. The van der Waals surface area contributed by atoms with Crippen LogP contribution in [0.5, 0.6) is 0 Å². The van der Waals surface area contributed by atoms with Crippen molar-refractivity contribution in [3.63, 3.8) is 0 Å². The van der Waals surface area contributed by atoms with Crippen LogP contribution in [-0.4, -0.2) is 5.21 Å². The van der Waals surface area contributed by atoms with Crippen molar-refractivity contribution in [3.8, 4) is 0 Å². The van der Waals surface area contributed by atoms with Crippen LogP contribution in [0.4, 0.5) is 11.4 Å². The third kappa shape index (κ3) is 1.67. The van der Waals surface area contributed by atoms with Gasteiger partial charge in [0.25, 0.3) is 5.43 Å². The number of rotatable bonds is 2. The Morgan fingerprint density at radius 2 is 1.86 bits per heavy atom. The molecule has 0 unspecified atom stereocenters. The fourth-order valence-electron chi connectivity index (χ4n) is 3.11. The van der Waals surface area contributed by atoms with E-state index in [2.05, 4.69) is 19.2 Å². The summed E-state index contributed by atoms with van der Waals surface area (Å²) in [5.74, 6) is 0. The van der Waals surface area contributed by atoms with E-state index in [0.717, 1.165) is 16.9 Å². The standard InChI is InChI=1S/C16H16N2O3/c1-8(11-12(18-21)14(20)13(11)19)15-16(2,3)9-6-4-5-7-10(9)17-15/h4-7,17-18,21H,1-3H3. The van der Waals surface area contributed by atoms with E-state index >= 15 is 0 Å². The molecule has 5 heteroatoms. The Kier molecular flexibility index (Phi) is 2.78. The molecule has 0 spiro atoms. The second-order valence-electron chi connectivity index (χ2n) is 5.82. The highest BCUT2D eigenvalue weighted by atomic mass is 16.5. The Bertz CT molecular complexity index is 839. The molecule has 1 heterocycles. The van der Waals surface area contributed by atoms with Crippen LogP contribution in [0, 0.1) is 0 Å². The Balaban J connectivity index is 2.19. The molecule has 0 aliphatic carbocycles. The lowest BCUT2D eigenvalue weighted by Crippen LogP contribution is -2.38. The first kappa shape index (κ1) is 13.6. The van der Waals surface area contributed by atoms with E-state index in [-0.39, 0.29) is 16.7 Å². The Labute approximate surface area is 121 Å². The maximum atomic E-state index is 11.8. The normalized spacial score (nSPS) is 18.3. The summed E-state index contributed by atoms with van der Waals surface area (Å²) in [6.45, 7) is 5.90. The smallest absolute Gasteiger partial charge is 0.252 e. The van der Waals surface area contributed by atoms with Gasteiger partial charge in [-0.15, -0.1) is 0 Å². The fraction of sp³-hybridized carbons (Fsp3) is 0.250. The zero-order chi connectivity index (χ0) is 15.4. The SMILES string of the molecule is CC(=C1Nc2ccccc2C1(C)C)c1c(NO)c(=O)c1=O. The van der Waals surface area contributed by atoms with E-state index < -0.39 is 10.9 Å². The minimum absolute atomic E-state index is 0.0291. The van der Waals surface area contributed by atoms with Gasteiger partial charge in [-0.25, -0.2) is 0 Å². The molecule has 0 aromatic heterocycles. The summed E-state index contributed by atoms with van der Waals surface area (Å²) in [5.41, 5.74) is 4.19. The minimum atomic E-state index is -0.680. The van der Waals surface area contributed by atoms with Crippen LogP contribution in [0.2, 0.25) is 0 Å². The van der Waals surface area contributed by atoms with E-state index in [4.69, 9.17) is 5.21 Å². The first-order chi connectivity index (χ1) is 9.89. The van der Waals surface area contributed by atoms with Gasteiger partial charge >= 0.3 is 0 Å². The summed E-state index contributed by atoms with van der Waals surface area (Å²) in [6.07, 6.45) is 0. The van der Waals surface area contributed by atoms with Crippen molar-refractivity contribution in [2.45, 2.75) is 26.2 Å². The Morgan fingerprint density at radius 3 is 2.48 bits per heavy atom. The molecule has 0 amide bonds. The van der Waals surface area contributed by atoms with Crippen molar-refractivity contribution in [2.75, 3.05) is 10.8 Å². The Hall–Kier alpha value is -2.40. The van der Waals surface area contributed by atoms with Gasteiger partial charge in [-0.1, -0.05) is 32.0 Å². The average Bonchev–Trinajstić information content (AvgIpc) is 2.75. The van der Waals surface area contributed by atoms with Crippen LogP contribution >= 0.6 is 0 Å². The molecule has 21 heavy (non-hydrogen) atoms. The summed E-state index contributed by atoms with van der Waals surface area (Å²) in [6, 6.07) is 7.93. The van der Waals surface area contributed by atoms with Crippen LogP contribution < -0.4 is 21.7 Å². The van der Waals surface area contributed by atoms with Gasteiger partial charge in [-0.3, -0.25) is 20.3 Å². The lowest BCUT2D eigenvalue weighted by molar-refractivity contribution is 0.387. The molecule has 0 atom stereocenters. The van der Waals surface area contributed by atoms with Crippen LogP contribution in [0.3, 0.4) is 0 Å². The summed E-state index contributed by atoms with van der Waals surface area (Å²) in [4.78, 5) is 23.2. The maximum absolute atomic E-state index is 11.8. The fourth-order valence-corrected chi connectivity index (χ4v) is 3.11. The molecule has 0 saturated carbocycles. The summed E-state index contributed by atoms with van der Waals surface area (Å²) in [7, 11) is 0. The molecule has 2 aromatic carbocycles. The monoisotopic (exact) mass is 284 g/mol. The number of hydrogen-bond donors (Lipinski definition) is 3. The minimum Gasteiger partial charge on any atom is -0.358 e. The van der Waals surface area contributed by atoms with E-state index in [1.165, 1.54) is 0 Å². The lowest BCUT2D eigenvalue weighted by atomic mass is 9.80. The van der Waals surface area contributed by atoms with Gasteiger partial charge in [0.2, 0.25) is 5.43 Å². The zero-order valence-corrected chi connectivity index (χ0v) is 12.1. The highest BCUT2D eigenvalue weighted by molar-refractivity contribution is 5.85. The largest absolute Gasteiger partial charge is 0.358 e. The van der Waals surface area contributed by atoms with Crippen molar-refractivity contribution in [2.24, 2.45) is 0 Å². The molecule has 3 N–H and O–H groups in total. The number of benzene rings is 1. The molecule has 0 fully saturated rings. The van der Waals surface area contributed by atoms with Crippen LogP contribution in [0.15, 0.2) is 39.6 Å². The summed E-state index contributed by atoms with van der Waals surface area (Å²) in [5, 5.41) is 12.3. The number of hydrogen-bond acceptors (Lipinski definition) is 5. The average molecular weight is 284 g/mol. The topological polar surface area (TPSA) is 78.4 Å². The van der Waals surface area contributed by atoms with Crippen molar-refractivity contribution in [3.05, 3.63) is 61.5 Å². The van der Waals surface area contributed by atoms with Gasteiger partial charge < -0.3 is 5.32 Å². The van der Waals surface area contributed by atoms with Crippen molar-refractivity contribution >= 4 is 16.9 Å². The second kappa shape index (κ2) is 4.30. The van der Waals surface area contributed by atoms with Gasteiger partial charge in [0.15, 0.2) is 0 Å². The molecule has 1 aliphatic rings. The first-order valence-electron chi connectivity index (χ1n) is 6.71. The zero-order valence-electron chi connectivity index (χ0n) is 12.1. The molecule has 2 aromatic rings. The Morgan fingerprint density at radius 1 is 1.19 bits per heavy atom. The third-order valence-corrected chi connectivity index (χ3v) is 4.26. The number of nitrogens with one attached hydrogen (secondary N) is 2. The predicted molar refractivity (Wildman–Crippen MR) is 82.4 cm³/mol. The number of para-hydroxylation sites is 1. The predicted octanol–water partition coefficient (Wildman–Crippen LogP) is 2.22. The van der Waals surface area contributed by atoms with Gasteiger partial charge in [0, 0.05) is 16.8 Å². The summed E-state index contributed by atoms with van der Waals surface area (Å²) < 4.78 is 0. The second-order valence-corrected chi connectivity index (χ2v) is 5.82. The maximum Gasteiger partial charge on any atom is 0.252 e. The highest BCUT2D eigenvalue weighted by Crippen LogP contribution is 2.45. The molecule has 108 valence electrons.